The zero-order valence-electron chi connectivity index (χ0n) is 10.8. The van der Waals surface area contributed by atoms with E-state index in [0.717, 1.165) is 16.8 Å². The van der Waals surface area contributed by atoms with Crippen molar-refractivity contribution in [1.29, 1.82) is 0 Å². The molecule has 110 valence electrons. The summed E-state index contributed by atoms with van der Waals surface area (Å²) in [7, 11) is 0. The molecule has 0 saturated carbocycles. The van der Waals surface area contributed by atoms with Gasteiger partial charge in [-0.15, -0.1) is 0 Å². The molecular weight excluding hydrogens is 286 g/mol. The molecule has 0 bridgehead atoms. The predicted octanol–water partition coefficient (Wildman–Crippen LogP) is 2.02. The summed E-state index contributed by atoms with van der Waals surface area (Å²) in [6, 6.07) is 4.15. The molecule has 0 aliphatic rings. The van der Waals surface area contributed by atoms with Crippen molar-refractivity contribution in [3.63, 3.8) is 0 Å². The molecule has 0 saturated heterocycles. The molecule has 0 fully saturated rings. The van der Waals surface area contributed by atoms with Crippen molar-refractivity contribution in [2.75, 3.05) is 5.32 Å². The first-order chi connectivity index (χ1) is 9.86. The van der Waals surface area contributed by atoms with Crippen LogP contribution >= 0.6 is 0 Å². The molecule has 0 atom stereocenters. The van der Waals surface area contributed by atoms with E-state index < -0.39 is 22.5 Å². The first-order valence-corrected chi connectivity index (χ1v) is 5.80. The van der Waals surface area contributed by atoms with Gasteiger partial charge in [-0.1, -0.05) is 0 Å². The molecule has 1 amide bonds. The third-order valence-electron chi connectivity index (χ3n) is 2.65. The SMILES string of the molecule is Cc1cc([N+](=O)[O-])nn1CC(=O)Nc1ccc(F)c(F)c1. The van der Waals surface area contributed by atoms with E-state index in [0.29, 0.717) is 5.69 Å². The zero-order chi connectivity index (χ0) is 15.6. The minimum absolute atomic E-state index is 0.0817. The molecule has 0 radical (unpaired) electrons. The normalized spacial score (nSPS) is 10.4. The predicted molar refractivity (Wildman–Crippen MR) is 68.6 cm³/mol. The number of nitrogens with one attached hydrogen (secondary N) is 1. The average molecular weight is 296 g/mol. The molecular formula is C12H10F2N4O3. The second-order valence-corrected chi connectivity index (χ2v) is 4.24. The molecule has 0 spiro atoms. The Balaban J connectivity index is 2.07. The highest BCUT2D eigenvalue weighted by Crippen LogP contribution is 2.14. The zero-order valence-corrected chi connectivity index (χ0v) is 10.8. The fraction of sp³-hybridized carbons (Fsp3) is 0.167. The number of nitro groups is 1. The number of nitrogens with zero attached hydrogens (tertiary/aromatic N) is 3. The van der Waals surface area contributed by atoms with Crippen LogP contribution in [0.3, 0.4) is 0 Å². The molecule has 1 aromatic carbocycles. The average Bonchev–Trinajstić information content (AvgIpc) is 2.76. The van der Waals surface area contributed by atoms with Crippen LogP contribution in [0.2, 0.25) is 0 Å². The van der Waals surface area contributed by atoms with Crippen LogP contribution in [0, 0.1) is 28.7 Å². The maximum absolute atomic E-state index is 13.0. The van der Waals surface area contributed by atoms with Crippen molar-refractivity contribution >= 4 is 17.4 Å². The maximum atomic E-state index is 13.0. The molecule has 21 heavy (non-hydrogen) atoms. The van der Waals surface area contributed by atoms with Crippen LogP contribution in [0.25, 0.3) is 0 Å². The van der Waals surface area contributed by atoms with Crippen molar-refractivity contribution in [1.82, 2.24) is 9.78 Å². The van der Waals surface area contributed by atoms with E-state index in [2.05, 4.69) is 10.4 Å². The lowest BCUT2D eigenvalue weighted by Crippen LogP contribution is -2.20. The van der Waals surface area contributed by atoms with Gasteiger partial charge in [0.25, 0.3) is 0 Å². The monoisotopic (exact) mass is 296 g/mol. The third-order valence-corrected chi connectivity index (χ3v) is 2.65. The highest BCUT2D eigenvalue weighted by molar-refractivity contribution is 5.90. The van der Waals surface area contributed by atoms with Gasteiger partial charge in [-0.25, -0.2) is 8.78 Å². The minimum atomic E-state index is -1.08. The molecule has 1 heterocycles. The number of anilines is 1. The molecule has 2 rings (SSSR count). The standard InChI is InChI=1S/C12H10F2N4O3/c1-7-4-11(18(20)21)16-17(7)6-12(19)15-8-2-3-9(13)10(14)5-8/h2-5H,6H2,1H3,(H,15,19). The van der Waals surface area contributed by atoms with Gasteiger partial charge in [-0.2, -0.15) is 4.68 Å². The van der Waals surface area contributed by atoms with Crippen molar-refractivity contribution < 1.29 is 18.5 Å². The Kier molecular flexibility index (Phi) is 3.92. The Morgan fingerprint density at radius 2 is 2.10 bits per heavy atom. The molecule has 0 aliphatic heterocycles. The summed E-state index contributed by atoms with van der Waals surface area (Å²) in [5.74, 6) is -3.04. The van der Waals surface area contributed by atoms with Crippen LogP contribution < -0.4 is 5.32 Å². The summed E-state index contributed by atoms with van der Waals surface area (Å²) in [6.45, 7) is 1.28. The quantitative estimate of drug-likeness (QED) is 0.690. The second-order valence-electron chi connectivity index (χ2n) is 4.24. The molecule has 1 aromatic heterocycles. The van der Waals surface area contributed by atoms with Crippen LogP contribution in [0.15, 0.2) is 24.3 Å². The van der Waals surface area contributed by atoms with Crippen LogP contribution in [-0.2, 0) is 11.3 Å². The molecule has 0 unspecified atom stereocenters. The Hall–Kier alpha value is -2.84. The van der Waals surface area contributed by atoms with Crippen molar-refractivity contribution in [3.8, 4) is 0 Å². The van der Waals surface area contributed by atoms with Crippen LogP contribution in [0.4, 0.5) is 20.3 Å². The molecule has 1 N–H and O–H groups in total. The summed E-state index contributed by atoms with van der Waals surface area (Å²) in [4.78, 5) is 21.6. The Bertz CT molecular complexity index is 715. The highest BCUT2D eigenvalue weighted by atomic mass is 19.2. The smallest absolute Gasteiger partial charge is 0.358 e. The largest absolute Gasteiger partial charge is 0.390 e. The molecule has 9 heteroatoms. The number of carbonyl (C=O) groups is 1. The van der Waals surface area contributed by atoms with E-state index in [9.17, 15) is 23.7 Å². The molecule has 0 aliphatic carbocycles. The van der Waals surface area contributed by atoms with Gasteiger partial charge in [-0.05, 0) is 24.0 Å². The lowest BCUT2D eigenvalue weighted by molar-refractivity contribution is -0.389. The van der Waals surface area contributed by atoms with Crippen molar-refractivity contribution in [2.45, 2.75) is 13.5 Å². The third kappa shape index (κ3) is 3.38. The van der Waals surface area contributed by atoms with Crippen LogP contribution in [0.1, 0.15) is 5.69 Å². The summed E-state index contributed by atoms with van der Waals surface area (Å²) < 4.78 is 26.9. The second kappa shape index (κ2) is 5.65. The number of amides is 1. The number of benzene rings is 1. The Morgan fingerprint density at radius 3 is 2.67 bits per heavy atom. The van der Waals surface area contributed by atoms with Gasteiger partial charge in [0.05, 0.1) is 16.9 Å². The molecule has 7 nitrogen and oxygen atoms in total. The first kappa shape index (κ1) is 14.6. The highest BCUT2D eigenvalue weighted by Gasteiger charge is 2.17. The van der Waals surface area contributed by atoms with E-state index in [-0.39, 0.29) is 18.1 Å². The first-order valence-electron chi connectivity index (χ1n) is 5.80. The molecule has 2 aromatic rings. The van der Waals surface area contributed by atoms with Gasteiger partial charge < -0.3 is 15.4 Å². The fourth-order valence-electron chi connectivity index (χ4n) is 1.65. The van der Waals surface area contributed by atoms with Crippen LogP contribution in [0.5, 0.6) is 0 Å². The Morgan fingerprint density at radius 1 is 1.38 bits per heavy atom. The topological polar surface area (TPSA) is 90.1 Å². The van der Waals surface area contributed by atoms with Gasteiger partial charge in [0.15, 0.2) is 11.6 Å². The van der Waals surface area contributed by atoms with Crippen LogP contribution in [-0.4, -0.2) is 20.6 Å². The maximum Gasteiger partial charge on any atom is 0.390 e. The van der Waals surface area contributed by atoms with Gasteiger partial charge in [0.1, 0.15) is 6.54 Å². The van der Waals surface area contributed by atoms with E-state index in [1.54, 1.807) is 6.92 Å². The van der Waals surface area contributed by atoms with E-state index in [1.807, 2.05) is 0 Å². The lowest BCUT2D eigenvalue weighted by Gasteiger charge is -2.05. The summed E-state index contributed by atoms with van der Waals surface area (Å²) in [5, 5.41) is 16.6. The number of aryl methyl sites for hydroxylation is 1. The lowest BCUT2D eigenvalue weighted by atomic mass is 10.3. The van der Waals surface area contributed by atoms with Gasteiger partial charge >= 0.3 is 5.82 Å². The van der Waals surface area contributed by atoms with Gasteiger partial charge in [-0.3, -0.25) is 4.79 Å². The van der Waals surface area contributed by atoms with E-state index in [4.69, 9.17) is 0 Å². The van der Waals surface area contributed by atoms with Crippen molar-refractivity contribution in [3.05, 3.63) is 51.7 Å². The number of aromatic nitrogens is 2. The summed E-state index contributed by atoms with van der Waals surface area (Å²) in [5.41, 5.74) is 0.514. The minimum Gasteiger partial charge on any atom is -0.358 e. The summed E-state index contributed by atoms with van der Waals surface area (Å²) >= 11 is 0. The number of carbonyl (C=O) groups excluding carboxylic acids is 1. The van der Waals surface area contributed by atoms with E-state index >= 15 is 0 Å². The number of rotatable bonds is 4. The fourth-order valence-corrected chi connectivity index (χ4v) is 1.65. The van der Waals surface area contributed by atoms with Crippen molar-refractivity contribution in [2.24, 2.45) is 0 Å². The van der Waals surface area contributed by atoms with Gasteiger partial charge in [0, 0.05) is 11.8 Å². The number of hydrogen-bond donors (Lipinski definition) is 1. The van der Waals surface area contributed by atoms with E-state index in [1.165, 1.54) is 12.1 Å². The number of halogens is 2. The summed E-state index contributed by atoms with van der Waals surface area (Å²) in [6.07, 6.45) is 0. The van der Waals surface area contributed by atoms with Gasteiger partial charge in [0.2, 0.25) is 5.91 Å². The Labute approximate surface area is 117 Å². The number of hydrogen-bond acceptors (Lipinski definition) is 4.